The van der Waals surface area contributed by atoms with Gasteiger partial charge in [-0.15, -0.1) is 0 Å². The predicted molar refractivity (Wildman–Crippen MR) is 94.4 cm³/mol. The first-order valence-electron chi connectivity index (χ1n) is 8.57. The molecule has 2 atom stereocenters. The van der Waals surface area contributed by atoms with E-state index in [0.29, 0.717) is 30.8 Å². The molecule has 1 saturated heterocycles. The number of nitrogens with zero attached hydrogens (tertiary/aromatic N) is 1. The van der Waals surface area contributed by atoms with Crippen LogP contribution in [0.15, 0.2) is 34.7 Å². The van der Waals surface area contributed by atoms with E-state index in [2.05, 4.69) is 0 Å². The fourth-order valence-electron chi connectivity index (χ4n) is 3.53. The zero-order valence-corrected chi connectivity index (χ0v) is 14.8. The van der Waals surface area contributed by atoms with Crippen LogP contribution in [0.5, 0.6) is 0 Å². The average molecular weight is 341 g/mol. The molecule has 2 heterocycles. The molecule has 0 saturated carbocycles. The minimum Gasteiger partial charge on any atom is -0.481 e. The molecule has 0 bridgehead atoms. The molecule has 1 aliphatic heterocycles. The number of piperidine rings is 1. The summed E-state index contributed by atoms with van der Waals surface area (Å²) in [4.78, 5) is 26.2. The van der Waals surface area contributed by atoms with Gasteiger partial charge >= 0.3 is 5.97 Å². The van der Waals surface area contributed by atoms with Gasteiger partial charge in [-0.05, 0) is 26.2 Å². The van der Waals surface area contributed by atoms with Crippen LogP contribution >= 0.6 is 0 Å². The van der Waals surface area contributed by atoms with Crippen LogP contribution in [-0.2, 0) is 4.79 Å². The van der Waals surface area contributed by atoms with Gasteiger partial charge in [-0.3, -0.25) is 9.59 Å². The molecule has 0 spiro atoms. The summed E-state index contributed by atoms with van der Waals surface area (Å²) in [5, 5.41) is 9.27. The molecule has 1 amide bonds. The van der Waals surface area contributed by atoms with Gasteiger partial charge in [-0.25, -0.2) is 0 Å². The maximum Gasteiger partial charge on any atom is 0.306 e. The number of rotatable bonds is 3. The highest BCUT2D eigenvalue weighted by Gasteiger charge is 2.35. The van der Waals surface area contributed by atoms with Gasteiger partial charge in [0.2, 0.25) is 0 Å². The number of aryl methyl sites for hydroxylation is 1. The van der Waals surface area contributed by atoms with Crippen LogP contribution < -0.4 is 0 Å². The molecule has 0 aliphatic carbocycles. The second kappa shape index (κ2) is 6.75. The van der Waals surface area contributed by atoms with E-state index < -0.39 is 5.97 Å². The quantitative estimate of drug-likeness (QED) is 0.923. The maximum atomic E-state index is 13.2. The van der Waals surface area contributed by atoms with Crippen LogP contribution in [0.4, 0.5) is 0 Å². The molecule has 1 aliphatic rings. The standard InChI is InChI=1S/C20H23NO4/c1-12-11-21(10-9-16(12)20(23)24)19(22)17-13(2)14(3)25-18(17)15-7-5-4-6-8-15/h4-8,12,16H,9-11H2,1-3H3,(H,23,24). The second-order valence-electron chi connectivity index (χ2n) is 6.82. The van der Waals surface area contributed by atoms with Crippen molar-refractivity contribution in [2.75, 3.05) is 13.1 Å². The smallest absolute Gasteiger partial charge is 0.306 e. The second-order valence-corrected chi connectivity index (χ2v) is 6.82. The van der Waals surface area contributed by atoms with Crippen LogP contribution in [0.3, 0.4) is 0 Å². The molecule has 3 rings (SSSR count). The lowest BCUT2D eigenvalue weighted by atomic mass is 9.86. The number of amides is 1. The highest BCUT2D eigenvalue weighted by atomic mass is 16.4. The number of aliphatic carboxylic acids is 1. The third-order valence-electron chi connectivity index (χ3n) is 5.14. The van der Waals surface area contributed by atoms with Gasteiger partial charge in [0.05, 0.1) is 11.5 Å². The van der Waals surface area contributed by atoms with E-state index in [4.69, 9.17) is 4.42 Å². The Bertz CT molecular complexity index is 794. The Labute approximate surface area is 147 Å². The van der Waals surface area contributed by atoms with Gasteiger partial charge in [0, 0.05) is 24.2 Å². The SMILES string of the molecule is Cc1oc(-c2ccccc2)c(C(=O)N2CCC(C(=O)O)C(C)C2)c1C. The van der Waals surface area contributed by atoms with Crippen molar-refractivity contribution in [1.29, 1.82) is 0 Å². The number of furan rings is 1. The molecule has 0 radical (unpaired) electrons. The van der Waals surface area contributed by atoms with Crippen LogP contribution in [0.1, 0.15) is 35.0 Å². The minimum absolute atomic E-state index is 0.0660. The summed E-state index contributed by atoms with van der Waals surface area (Å²) in [6, 6.07) is 9.60. The molecule has 1 fully saturated rings. The van der Waals surface area contributed by atoms with Crippen LogP contribution in [0.25, 0.3) is 11.3 Å². The molecule has 5 heteroatoms. The molecule has 25 heavy (non-hydrogen) atoms. The number of hydrogen-bond acceptors (Lipinski definition) is 3. The Balaban J connectivity index is 1.92. The number of carbonyl (C=O) groups excluding carboxylic acids is 1. The molecule has 132 valence electrons. The number of hydrogen-bond donors (Lipinski definition) is 1. The van der Waals surface area contributed by atoms with E-state index in [1.54, 1.807) is 4.90 Å². The van der Waals surface area contributed by atoms with E-state index in [-0.39, 0.29) is 17.7 Å². The Morgan fingerprint density at radius 2 is 1.88 bits per heavy atom. The van der Waals surface area contributed by atoms with E-state index >= 15 is 0 Å². The van der Waals surface area contributed by atoms with E-state index in [0.717, 1.165) is 16.9 Å². The third-order valence-corrected chi connectivity index (χ3v) is 5.14. The summed E-state index contributed by atoms with van der Waals surface area (Å²) in [5.74, 6) is 0.0154. The highest BCUT2D eigenvalue weighted by molar-refractivity contribution is 6.01. The summed E-state index contributed by atoms with van der Waals surface area (Å²) in [6.07, 6.45) is 0.485. The average Bonchev–Trinajstić information content (AvgIpc) is 2.90. The van der Waals surface area contributed by atoms with E-state index in [1.165, 1.54) is 0 Å². The fraction of sp³-hybridized carbons (Fsp3) is 0.400. The Kier molecular flexibility index (Phi) is 4.66. The normalized spacial score (nSPS) is 20.5. The fourth-order valence-corrected chi connectivity index (χ4v) is 3.53. The minimum atomic E-state index is -0.778. The first-order chi connectivity index (χ1) is 11.9. The van der Waals surface area contributed by atoms with Crippen molar-refractivity contribution in [3.63, 3.8) is 0 Å². The molecule has 2 unspecified atom stereocenters. The number of benzene rings is 1. The number of carboxylic acid groups (broad SMARTS) is 1. The van der Waals surface area contributed by atoms with Crippen molar-refractivity contribution >= 4 is 11.9 Å². The lowest BCUT2D eigenvalue weighted by Crippen LogP contribution is -2.45. The van der Waals surface area contributed by atoms with Crippen LogP contribution in [0, 0.1) is 25.7 Å². The van der Waals surface area contributed by atoms with Crippen molar-refractivity contribution in [1.82, 2.24) is 4.90 Å². The monoisotopic (exact) mass is 341 g/mol. The first kappa shape index (κ1) is 17.3. The molecule has 1 N–H and O–H groups in total. The highest BCUT2D eigenvalue weighted by Crippen LogP contribution is 2.33. The molecular formula is C20H23NO4. The Morgan fingerprint density at radius 1 is 1.20 bits per heavy atom. The molecule has 2 aromatic rings. The topological polar surface area (TPSA) is 70.8 Å². The van der Waals surface area contributed by atoms with Gasteiger partial charge in [0.15, 0.2) is 0 Å². The summed E-state index contributed by atoms with van der Waals surface area (Å²) in [5.41, 5.74) is 2.30. The molecule has 1 aromatic heterocycles. The Morgan fingerprint density at radius 3 is 2.48 bits per heavy atom. The van der Waals surface area contributed by atoms with E-state index in [9.17, 15) is 14.7 Å². The zero-order valence-electron chi connectivity index (χ0n) is 14.8. The van der Waals surface area contributed by atoms with Gasteiger partial charge in [-0.1, -0.05) is 37.3 Å². The summed E-state index contributed by atoms with van der Waals surface area (Å²) in [6.45, 7) is 6.55. The zero-order chi connectivity index (χ0) is 18.1. The van der Waals surface area contributed by atoms with Crippen molar-refractivity contribution in [2.24, 2.45) is 11.8 Å². The Hall–Kier alpha value is -2.56. The van der Waals surface area contributed by atoms with Crippen molar-refractivity contribution < 1.29 is 19.1 Å². The number of carbonyl (C=O) groups is 2. The lowest BCUT2D eigenvalue weighted by Gasteiger charge is -2.35. The number of likely N-dealkylation sites (tertiary alicyclic amines) is 1. The lowest BCUT2D eigenvalue weighted by molar-refractivity contribution is -0.145. The summed E-state index contributed by atoms with van der Waals surface area (Å²) >= 11 is 0. The maximum absolute atomic E-state index is 13.2. The van der Waals surface area contributed by atoms with Crippen molar-refractivity contribution in [3.05, 3.63) is 47.2 Å². The van der Waals surface area contributed by atoms with Gasteiger partial charge < -0.3 is 14.4 Å². The third kappa shape index (κ3) is 3.18. The van der Waals surface area contributed by atoms with Crippen molar-refractivity contribution in [2.45, 2.75) is 27.2 Å². The molecular weight excluding hydrogens is 318 g/mol. The van der Waals surface area contributed by atoms with Crippen LogP contribution in [0.2, 0.25) is 0 Å². The van der Waals surface area contributed by atoms with Gasteiger partial charge in [0.1, 0.15) is 11.5 Å². The van der Waals surface area contributed by atoms with Crippen LogP contribution in [-0.4, -0.2) is 35.0 Å². The van der Waals surface area contributed by atoms with E-state index in [1.807, 2.05) is 51.1 Å². The number of carboxylic acids is 1. The summed E-state index contributed by atoms with van der Waals surface area (Å²) in [7, 11) is 0. The largest absolute Gasteiger partial charge is 0.481 e. The molecule has 5 nitrogen and oxygen atoms in total. The van der Waals surface area contributed by atoms with Gasteiger partial charge in [-0.2, -0.15) is 0 Å². The first-order valence-corrected chi connectivity index (χ1v) is 8.57. The predicted octanol–water partition coefficient (Wildman–Crippen LogP) is 3.75. The van der Waals surface area contributed by atoms with Crippen molar-refractivity contribution in [3.8, 4) is 11.3 Å². The summed E-state index contributed by atoms with van der Waals surface area (Å²) < 4.78 is 5.89. The van der Waals surface area contributed by atoms with Gasteiger partial charge in [0.25, 0.3) is 5.91 Å². The molecule has 1 aromatic carbocycles.